The Bertz CT molecular complexity index is 1640. The molecule has 3 atom stereocenters. The first-order valence-electron chi connectivity index (χ1n) is 18.7. The highest BCUT2D eigenvalue weighted by Crippen LogP contribution is 2.46. The second-order valence-electron chi connectivity index (χ2n) is 15.8. The number of hydrogen-bond acceptors (Lipinski definition) is 8. The third kappa shape index (κ3) is 11.0. The standard InChI is InChI=1S/C43H57NO6S2Si/c1-32(30-48-31-34-15-10-8-11-16-34)28-43(24-23-39-51-25-14-26-52-39)29-38(45)40(50-53(6,7)42(2,3)4)37(27-33-19-21-35(47-5)22-20-33)44(43)41(46)49-36-17-12-9-13-18-36/h8-13,15-22,37,39-40H,1,14,23-31H2,2-7H3/t37-,40-,43+/m0/s1. The Labute approximate surface area is 326 Å². The number of thioether (sulfide) groups is 2. The first kappa shape index (κ1) is 41.1. The highest BCUT2D eigenvalue weighted by Gasteiger charge is 2.56. The molecule has 0 saturated carbocycles. The number of Topliss-reactive ketones (excluding diaryl/α,β-unsaturated/α-hetero) is 1. The monoisotopic (exact) mass is 775 g/mol. The summed E-state index contributed by atoms with van der Waals surface area (Å²) in [6.45, 7) is 16.1. The van der Waals surface area contributed by atoms with E-state index in [0.717, 1.165) is 40.4 Å². The summed E-state index contributed by atoms with van der Waals surface area (Å²) in [5.74, 6) is 3.46. The molecule has 2 saturated heterocycles. The van der Waals surface area contributed by atoms with Gasteiger partial charge in [-0.2, -0.15) is 0 Å². The second kappa shape index (κ2) is 18.5. The zero-order valence-electron chi connectivity index (χ0n) is 32.3. The van der Waals surface area contributed by atoms with Gasteiger partial charge in [-0.05, 0) is 103 Å². The molecule has 0 spiro atoms. The molecule has 0 bridgehead atoms. The normalized spacial score (nSPS) is 21.3. The van der Waals surface area contributed by atoms with Crippen LogP contribution in [-0.4, -0.2) is 72.6 Å². The molecule has 0 aromatic heterocycles. The van der Waals surface area contributed by atoms with Crippen molar-refractivity contribution in [2.45, 2.75) is 106 Å². The Hall–Kier alpha value is -3.02. The van der Waals surface area contributed by atoms with Crippen LogP contribution in [0.4, 0.5) is 4.79 Å². The number of amides is 1. The third-order valence-electron chi connectivity index (χ3n) is 10.7. The minimum atomic E-state index is -2.48. The number of para-hydroxylation sites is 1. The van der Waals surface area contributed by atoms with Gasteiger partial charge in [0.05, 0.1) is 36.5 Å². The van der Waals surface area contributed by atoms with Crippen LogP contribution in [0.1, 0.15) is 64.0 Å². The third-order valence-corrected chi connectivity index (χ3v) is 18.3. The van der Waals surface area contributed by atoms with Crippen LogP contribution >= 0.6 is 23.5 Å². The molecular formula is C43H57NO6S2Si. The van der Waals surface area contributed by atoms with Gasteiger partial charge in [-0.15, -0.1) is 23.5 Å². The molecule has 2 heterocycles. The average molecular weight is 776 g/mol. The minimum absolute atomic E-state index is 0.0269. The van der Waals surface area contributed by atoms with Gasteiger partial charge < -0.3 is 18.6 Å². The van der Waals surface area contributed by atoms with E-state index in [4.69, 9.17) is 18.6 Å². The van der Waals surface area contributed by atoms with Crippen molar-refractivity contribution in [3.05, 3.63) is 108 Å². The number of piperidine rings is 1. The molecular weight excluding hydrogens is 719 g/mol. The van der Waals surface area contributed by atoms with Crippen molar-refractivity contribution >= 4 is 43.7 Å². The number of rotatable bonds is 15. The molecule has 5 rings (SSSR count). The second-order valence-corrected chi connectivity index (χ2v) is 23.5. The lowest BCUT2D eigenvalue weighted by Gasteiger charge is -2.55. The maximum absolute atomic E-state index is 15.0. The van der Waals surface area contributed by atoms with Crippen molar-refractivity contribution < 1.29 is 28.2 Å². The summed E-state index contributed by atoms with van der Waals surface area (Å²) in [5, 5.41) is -0.151. The zero-order valence-corrected chi connectivity index (χ0v) is 34.9. The fraction of sp³-hybridized carbons (Fsp3) is 0.488. The van der Waals surface area contributed by atoms with Crippen LogP contribution in [0.25, 0.3) is 0 Å². The largest absolute Gasteiger partial charge is 0.497 e. The molecule has 0 radical (unpaired) electrons. The summed E-state index contributed by atoms with van der Waals surface area (Å²) in [6, 6.07) is 26.5. The van der Waals surface area contributed by atoms with E-state index in [-0.39, 0.29) is 17.2 Å². The summed E-state index contributed by atoms with van der Waals surface area (Å²) in [6.07, 6.45) is 2.32. The SMILES string of the molecule is C=C(COCc1ccccc1)C[C@]1(CCC2SCCCS2)CC(=O)[C@@H](O[Si](C)(C)C(C)(C)C)[C@H](Cc2ccc(OC)cc2)N1C(=O)Oc1ccccc1. The molecule has 286 valence electrons. The van der Waals surface area contributed by atoms with Gasteiger partial charge >= 0.3 is 6.09 Å². The minimum Gasteiger partial charge on any atom is -0.497 e. The van der Waals surface area contributed by atoms with Crippen LogP contribution in [0.2, 0.25) is 18.1 Å². The number of likely N-dealkylation sites (tertiary alicyclic amines) is 1. The van der Waals surface area contributed by atoms with Crippen molar-refractivity contribution in [3.63, 3.8) is 0 Å². The molecule has 2 fully saturated rings. The van der Waals surface area contributed by atoms with Crippen molar-refractivity contribution in [3.8, 4) is 11.5 Å². The summed E-state index contributed by atoms with van der Waals surface area (Å²) in [5.41, 5.74) is 1.98. The smallest absolute Gasteiger partial charge is 0.416 e. The van der Waals surface area contributed by atoms with Crippen LogP contribution in [0.3, 0.4) is 0 Å². The fourth-order valence-corrected chi connectivity index (χ4v) is 11.1. The predicted molar refractivity (Wildman–Crippen MR) is 222 cm³/mol. The topological polar surface area (TPSA) is 74.3 Å². The van der Waals surface area contributed by atoms with Crippen molar-refractivity contribution in [2.24, 2.45) is 0 Å². The predicted octanol–water partition coefficient (Wildman–Crippen LogP) is 10.3. The average Bonchev–Trinajstić information content (AvgIpc) is 3.13. The number of benzene rings is 3. The summed E-state index contributed by atoms with van der Waals surface area (Å²) in [7, 11) is -0.838. The van der Waals surface area contributed by atoms with Gasteiger partial charge in [-0.3, -0.25) is 9.69 Å². The van der Waals surface area contributed by atoms with E-state index in [0.29, 0.717) is 42.8 Å². The Morgan fingerprint density at radius 2 is 1.57 bits per heavy atom. The van der Waals surface area contributed by atoms with Gasteiger partial charge in [0.2, 0.25) is 0 Å². The van der Waals surface area contributed by atoms with Crippen molar-refractivity contribution in [2.75, 3.05) is 25.2 Å². The fourth-order valence-electron chi connectivity index (χ4n) is 6.96. The van der Waals surface area contributed by atoms with E-state index in [1.54, 1.807) is 19.2 Å². The first-order valence-corrected chi connectivity index (χ1v) is 23.7. The molecule has 2 aliphatic rings. The maximum Gasteiger partial charge on any atom is 0.416 e. The van der Waals surface area contributed by atoms with Gasteiger partial charge in [0.25, 0.3) is 0 Å². The highest BCUT2D eigenvalue weighted by molar-refractivity contribution is 8.17. The molecule has 53 heavy (non-hydrogen) atoms. The van der Waals surface area contributed by atoms with Gasteiger partial charge in [0, 0.05) is 6.42 Å². The lowest BCUT2D eigenvalue weighted by Crippen LogP contribution is -2.69. The first-order chi connectivity index (χ1) is 25.3. The van der Waals surface area contributed by atoms with E-state index in [9.17, 15) is 9.59 Å². The summed E-state index contributed by atoms with van der Waals surface area (Å²) in [4.78, 5) is 31.8. The van der Waals surface area contributed by atoms with Crippen LogP contribution < -0.4 is 9.47 Å². The van der Waals surface area contributed by atoms with Gasteiger partial charge in [0.1, 0.15) is 17.6 Å². The number of ketones is 1. The Morgan fingerprint density at radius 3 is 2.19 bits per heavy atom. The molecule has 0 aliphatic carbocycles. The van der Waals surface area contributed by atoms with Gasteiger partial charge in [-0.1, -0.05) is 88.0 Å². The van der Waals surface area contributed by atoms with E-state index < -0.39 is 32.1 Å². The maximum atomic E-state index is 15.0. The van der Waals surface area contributed by atoms with Gasteiger partial charge in [-0.25, -0.2) is 4.79 Å². The van der Waals surface area contributed by atoms with E-state index in [2.05, 4.69) is 40.4 Å². The Balaban J connectivity index is 1.58. The van der Waals surface area contributed by atoms with Crippen LogP contribution in [0, 0.1) is 0 Å². The zero-order chi connectivity index (χ0) is 38.1. The number of hydrogen-bond donors (Lipinski definition) is 0. The Kier molecular flexibility index (Phi) is 14.4. The summed E-state index contributed by atoms with van der Waals surface area (Å²) < 4.78 is 25.4. The molecule has 7 nitrogen and oxygen atoms in total. The number of carbonyl (C=O) groups is 2. The summed E-state index contributed by atoms with van der Waals surface area (Å²) >= 11 is 3.95. The van der Waals surface area contributed by atoms with Crippen molar-refractivity contribution in [1.82, 2.24) is 4.90 Å². The molecule has 2 aliphatic heterocycles. The number of carbonyl (C=O) groups excluding carboxylic acids is 2. The number of nitrogens with zero attached hydrogens (tertiary/aromatic N) is 1. The van der Waals surface area contributed by atoms with E-state index >= 15 is 0 Å². The molecule has 0 unspecified atom stereocenters. The molecule has 3 aromatic carbocycles. The van der Waals surface area contributed by atoms with E-state index in [1.807, 2.05) is 101 Å². The van der Waals surface area contributed by atoms with E-state index in [1.165, 1.54) is 6.42 Å². The van der Waals surface area contributed by atoms with Crippen molar-refractivity contribution in [1.29, 1.82) is 0 Å². The lowest BCUT2D eigenvalue weighted by molar-refractivity contribution is -0.142. The van der Waals surface area contributed by atoms with Crippen LogP contribution in [0.5, 0.6) is 11.5 Å². The quantitative estimate of drug-likeness (QED) is 0.112. The number of ether oxygens (including phenoxy) is 3. The highest BCUT2D eigenvalue weighted by atomic mass is 32.2. The Morgan fingerprint density at radius 1 is 0.925 bits per heavy atom. The van der Waals surface area contributed by atoms with Gasteiger partial charge in [0.15, 0.2) is 14.1 Å². The molecule has 10 heteroatoms. The number of methoxy groups -OCH3 is 1. The molecule has 3 aromatic rings. The lowest BCUT2D eigenvalue weighted by atomic mass is 9.73. The van der Waals surface area contributed by atoms with Crippen LogP contribution in [-0.2, 0) is 27.0 Å². The molecule has 0 N–H and O–H groups in total. The molecule has 1 amide bonds. The van der Waals surface area contributed by atoms with Crippen LogP contribution in [0.15, 0.2) is 97.1 Å².